The molecule has 3 rings (SSSR count). The number of carbonyl (C=O) groups excluding carboxylic acids is 1. The second-order valence-corrected chi connectivity index (χ2v) is 6.59. The third-order valence-electron chi connectivity index (χ3n) is 4.46. The van der Waals surface area contributed by atoms with Crippen LogP contribution in [-0.2, 0) is 13.2 Å². The summed E-state index contributed by atoms with van der Waals surface area (Å²) in [6, 6.07) is 7.76. The molecule has 1 aromatic carbocycles. The van der Waals surface area contributed by atoms with Crippen LogP contribution in [0, 0.1) is 5.82 Å². The maximum Gasteiger partial charge on any atom is 0.272 e. The SMILES string of the molecule is CCCN(C)CCN1CCn2nc(COc3cccc(F)c3)cc2C1=O. The zero-order valence-electron chi connectivity index (χ0n) is 15.3. The van der Waals surface area contributed by atoms with Gasteiger partial charge in [0.2, 0.25) is 0 Å². The Morgan fingerprint density at radius 3 is 2.88 bits per heavy atom. The molecular formula is C19H25FN4O2. The molecule has 6 nitrogen and oxygen atoms in total. The molecule has 0 N–H and O–H groups in total. The molecule has 2 aromatic rings. The lowest BCUT2D eigenvalue weighted by molar-refractivity contribution is 0.0681. The third kappa shape index (κ3) is 4.40. The molecule has 140 valence electrons. The fraction of sp³-hybridized carbons (Fsp3) is 0.474. The average molecular weight is 360 g/mol. The fourth-order valence-corrected chi connectivity index (χ4v) is 3.07. The van der Waals surface area contributed by atoms with Crippen LogP contribution in [0.5, 0.6) is 5.75 Å². The van der Waals surface area contributed by atoms with E-state index < -0.39 is 0 Å². The summed E-state index contributed by atoms with van der Waals surface area (Å²) in [4.78, 5) is 16.8. The molecule has 1 aliphatic rings. The van der Waals surface area contributed by atoms with E-state index in [2.05, 4.69) is 24.0 Å². The Morgan fingerprint density at radius 2 is 2.12 bits per heavy atom. The minimum atomic E-state index is -0.342. The third-order valence-corrected chi connectivity index (χ3v) is 4.46. The van der Waals surface area contributed by atoms with Crippen molar-refractivity contribution in [1.82, 2.24) is 19.6 Å². The van der Waals surface area contributed by atoms with Crippen LogP contribution >= 0.6 is 0 Å². The minimum absolute atomic E-state index is 0.00524. The molecule has 0 spiro atoms. The van der Waals surface area contributed by atoms with Gasteiger partial charge in [0.1, 0.15) is 29.6 Å². The van der Waals surface area contributed by atoms with Crippen LogP contribution in [0.2, 0.25) is 0 Å². The molecule has 7 heteroatoms. The second kappa shape index (κ2) is 8.31. The standard InChI is InChI=1S/C19H25FN4O2/c1-3-7-22(2)8-9-23-10-11-24-18(19(23)25)13-16(21-24)14-26-17-6-4-5-15(20)12-17/h4-6,12-13H,3,7-11,14H2,1-2H3. The van der Waals surface area contributed by atoms with E-state index in [-0.39, 0.29) is 18.3 Å². The van der Waals surface area contributed by atoms with Crippen molar-refractivity contribution in [3.05, 3.63) is 47.5 Å². The normalized spacial score (nSPS) is 14.0. The number of nitrogens with zero attached hydrogens (tertiary/aromatic N) is 4. The molecule has 0 saturated carbocycles. The smallest absolute Gasteiger partial charge is 0.272 e. The molecule has 0 saturated heterocycles. The first kappa shape index (κ1) is 18.4. The van der Waals surface area contributed by atoms with Gasteiger partial charge in [0, 0.05) is 25.7 Å². The molecule has 0 fully saturated rings. The molecule has 1 aliphatic heterocycles. The predicted octanol–water partition coefficient (Wildman–Crippen LogP) is 2.40. The van der Waals surface area contributed by atoms with Crippen LogP contribution in [0.25, 0.3) is 0 Å². The predicted molar refractivity (Wildman–Crippen MR) is 96.7 cm³/mol. The van der Waals surface area contributed by atoms with Gasteiger partial charge in [-0.25, -0.2) is 4.39 Å². The quantitative estimate of drug-likeness (QED) is 0.725. The van der Waals surface area contributed by atoms with E-state index in [9.17, 15) is 9.18 Å². The van der Waals surface area contributed by atoms with Crippen molar-refractivity contribution in [1.29, 1.82) is 0 Å². The first-order chi connectivity index (χ1) is 12.6. The highest BCUT2D eigenvalue weighted by Gasteiger charge is 2.26. The molecule has 2 heterocycles. The van der Waals surface area contributed by atoms with Gasteiger partial charge in [-0.2, -0.15) is 5.10 Å². The van der Waals surface area contributed by atoms with Crippen molar-refractivity contribution >= 4 is 5.91 Å². The van der Waals surface area contributed by atoms with Crippen molar-refractivity contribution < 1.29 is 13.9 Å². The van der Waals surface area contributed by atoms with E-state index in [1.165, 1.54) is 12.1 Å². The zero-order chi connectivity index (χ0) is 18.5. The summed E-state index contributed by atoms with van der Waals surface area (Å²) in [5, 5.41) is 4.44. The van der Waals surface area contributed by atoms with Gasteiger partial charge in [0.15, 0.2) is 0 Å². The number of halogens is 1. The first-order valence-electron chi connectivity index (χ1n) is 8.99. The number of amides is 1. The summed E-state index contributed by atoms with van der Waals surface area (Å²) >= 11 is 0. The zero-order valence-corrected chi connectivity index (χ0v) is 15.3. The molecule has 0 aliphatic carbocycles. The average Bonchev–Trinajstić information content (AvgIpc) is 3.04. The Kier molecular flexibility index (Phi) is 5.88. The number of benzene rings is 1. The maximum absolute atomic E-state index is 13.2. The van der Waals surface area contributed by atoms with Crippen molar-refractivity contribution in [2.75, 3.05) is 33.2 Å². The molecule has 26 heavy (non-hydrogen) atoms. The highest BCUT2D eigenvalue weighted by Crippen LogP contribution is 2.17. The fourth-order valence-electron chi connectivity index (χ4n) is 3.07. The summed E-state index contributed by atoms with van der Waals surface area (Å²) < 4.78 is 20.5. The summed E-state index contributed by atoms with van der Waals surface area (Å²) in [6.07, 6.45) is 1.10. The number of ether oxygens (including phenoxy) is 1. The van der Waals surface area contributed by atoms with Gasteiger partial charge in [-0.3, -0.25) is 9.48 Å². The summed E-state index contributed by atoms with van der Waals surface area (Å²) in [5.74, 6) is 0.110. The van der Waals surface area contributed by atoms with Crippen molar-refractivity contribution in [3.63, 3.8) is 0 Å². The number of hydrogen-bond donors (Lipinski definition) is 0. The number of carbonyl (C=O) groups is 1. The summed E-state index contributed by atoms with van der Waals surface area (Å²) in [7, 11) is 2.07. The van der Waals surface area contributed by atoms with Crippen LogP contribution in [-0.4, -0.2) is 58.7 Å². The first-order valence-corrected chi connectivity index (χ1v) is 8.99. The molecule has 0 atom stereocenters. The maximum atomic E-state index is 13.2. The van der Waals surface area contributed by atoms with Gasteiger partial charge in [-0.15, -0.1) is 0 Å². The number of aromatic nitrogens is 2. The van der Waals surface area contributed by atoms with Crippen LogP contribution in [0.1, 0.15) is 29.5 Å². The Morgan fingerprint density at radius 1 is 1.27 bits per heavy atom. The van der Waals surface area contributed by atoms with Crippen LogP contribution in [0.4, 0.5) is 4.39 Å². The van der Waals surface area contributed by atoms with Gasteiger partial charge >= 0.3 is 0 Å². The molecule has 0 unspecified atom stereocenters. The highest BCUT2D eigenvalue weighted by atomic mass is 19.1. The molecular weight excluding hydrogens is 335 g/mol. The molecule has 1 aromatic heterocycles. The van der Waals surface area contributed by atoms with Crippen molar-refractivity contribution in [2.45, 2.75) is 26.5 Å². The van der Waals surface area contributed by atoms with E-state index in [4.69, 9.17) is 4.74 Å². The highest BCUT2D eigenvalue weighted by molar-refractivity contribution is 5.93. The monoisotopic (exact) mass is 360 g/mol. The lowest BCUT2D eigenvalue weighted by Gasteiger charge is -2.29. The van der Waals surface area contributed by atoms with Crippen molar-refractivity contribution in [2.24, 2.45) is 0 Å². The lowest BCUT2D eigenvalue weighted by atomic mass is 10.2. The Hall–Kier alpha value is -2.41. The Balaban J connectivity index is 1.59. The molecule has 0 radical (unpaired) electrons. The van der Waals surface area contributed by atoms with E-state index in [0.29, 0.717) is 30.2 Å². The van der Waals surface area contributed by atoms with Gasteiger partial charge < -0.3 is 14.5 Å². The summed E-state index contributed by atoms with van der Waals surface area (Å²) in [6.45, 7) is 6.31. The largest absolute Gasteiger partial charge is 0.487 e. The van der Waals surface area contributed by atoms with E-state index in [0.717, 1.165) is 26.1 Å². The van der Waals surface area contributed by atoms with Gasteiger partial charge in [0.25, 0.3) is 5.91 Å². The van der Waals surface area contributed by atoms with E-state index >= 15 is 0 Å². The molecule has 1 amide bonds. The van der Waals surface area contributed by atoms with E-state index in [1.54, 1.807) is 22.9 Å². The van der Waals surface area contributed by atoms with E-state index in [1.807, 2.05) is 4.90 Å². The summed E-state index contributed by atoms with van der Waals surface area (Å²) in [5.41, 5.74) is 1.26. The van der Waals surface area contributed by atoms with Crippen LogP contribution in [0.15, 0.2) is 30.3 Å². The Labute approximate surface area is 153 Å². The number of fused-ring (bicyclic) bond motifs is 1. The van der Waals surface area contributed by atoms with Gasteiger partial charge in [-0.1, -0.05) is 13.0 Å². The number of likely N-dealkylation sites (N-methyl/N-ethyl adjacent to an activating group) is 1. The number of hydrogen-bond acceptors (Lipinski definition) is 4. The second-order valence-electron chi connectivity index (χ2n) is 6.59. The molecule has 0 bridgehead atoms. The topological polar surface area (TPSA) is 50.6 Å². The lowest BCUT2D eigenvalue weighted by Crippen LogP contribution is -2.43. The minimum Gasteiger partial charge on any atom is -0.487 e. The van der Waals surface area contributed by atoms with Crippen LogP contribution < -0.4 is 4.74 Å². The number of rotatable bonds is 8. The van der Waals surface area contributed by atoms with Crippen molar-refractivity contribution in [3.8, 4) is 5.75 Å². The van der Waals surface area contributed by atoms with Crippen LogP contribution in [0.3, 0.4) is 0 Å². The Bertz CT molecular complexity index is 762. The van der Waals surface area contributed by atoms with Gasteiger partial charge in [-0.05, 0) is 38.2 Å². The van der Waals surface area contributed by atoms with Gasteiger partial charge in [0.05, 0.1) is 6.54 Å².